The van der Waals surface area contributed by atoms with Crippen molar-refractivity contribution in [1.82, 2.24) is 9.97 Å². The Hall–Kier alpha value is -3.02. The molecule has 0 aliphatic carbocycles. The number of rotatable bonds is 5. The summed E-state index contributed by atoms with van der Waals surface area (Å²) in [5.41, 5.74) is 2.79. The molecule has 0 spiro atoms. The van der Waals surface area contributed by atoms with E-state index >= 15 is 0 Å². The minimum absolute atomic E-state index is 0.226. The molecule has 24 heavy (non-hydrogen) atoms. The predicted octanol–water partition coefficient (Wildman–Crippen LogP) is 3.39. The normalized spacial score (nSPS) is 10.6. The highest BCUT2D eigenvalue weighted by molar-refractivity contribution is 6.06. The van der Waals surface area contributed by atoms with Gasteiger partial charge in [0.2, 0.25) is 0 Å². The van der Waals surface area contributed by atoms with Crippen LogP contribution < -0.4 is 14.8 Å². The molecule has 0 unspecified atom stereocenters. The molecule has 3 aromatic rings. The van der Waals surface area contributed by atoms with E-state index in [1.54, 1.807) is 44.6 Å². The SMILES string of the molecule is CCc1nc2ccc(C(=O)Nc3cc(OC)ccc3OC)cc2[nH]1. The van der Waals surface area contributed by atoms with Gasteiger partial charge in [0, 0.05) is 18.1 Å². The fourth-order valence-electron chi connectivity index (χ4n) is 2.48. The number of ether oxygens (including phenoxy) is 2. The fourth-order valence-corrected chi connectivity index (χ4v) is 2.48. The third-order valence-electron chi connectivity index (χ3n) is 3.78. The molecule has 0 aliphatic heterocycles. The number of amides is 1. The Morgan fingerprint density at radius 1 is 1.17 bits per heavy atom. The molecule has 0 atom stereocenters. The van der Waals surface area contributed by atoms with Crippen molar-refractivity contribution in [3.63, 3.8) is 0 Å². The molecule has 1 heterocycles. The van der Waals surface area contributed by atoms with Crippen molar-refractivity contribution in [2.75, 3.05) is 19.5 Å². The van der Waals surface area contributed by atoms with E-state index in [0.717, 1.165) is 23.3 Å². The van der Waals surface area contributed by atoms with E-state index in [4.69, 9.17) is 9.47 Å². The van der Waals surface area contributed by atoms with Crippen molar-refractivity contribution in [3.05, 3.63) is 47.8 Å². The van der Waals surface area contributed by atoms with Gasteiger partial charge in [-0.05, 0) is 30.3 Å². The Morgan fingerprint density at radius 2 is 2.00 bits per heavy atom. The number of hydrogen-bond acceptors (Lipinski definition) is 4. The van der Waals surface area contributed by atoms with E-state index < -0.39 is 0 Å². The number of carbonyl (C=O) groups is 1. The molecule has 1 amide bonds. The van der Waals surface area contributed by atoms with Crippen LogP contribution in [-0.2, 0) is 6.42 Å². The molecule has 3 rings (SSSR count). The van der Waals surface area contributed by atoms with Crippen LogP contribution in [0.1, 0.15) is 23.1 Å². The number of aryl methyl sites for hydroxylation is 1. The van der Waals surface area contributed by atoms with E-state index in [9.17, 15) is 4.79 Å². The summed E-state index contributed by atoms with van der Waals surface area (Å²) in [6.07, 6.45) is 0.817. The van der Waals surface area contributed by atoms with Crippen LogP contribution in [0.3, 0.4) is 0 Å². The molecule has 0 radical (unpaired) electrons. The van der Waals surface area contributed by atoms with Crippen LogP contribution in [0.15, 0.2) is 36.4 Å². The van der Waals surface area contributed by atoms with Crippen molar-refractivity contribution < 1.29 is 14.3 Å². The monoisotopic (exact) mass is 325 g/mol. The summed E-state index contributed by atoms with van der Waals surface area (Å²) in [7, 11) is 3.13. The molecule has 2 aromatic carbocycles. The quantitative estimate of drug-likeness (QED) is 0.754. The average Bonchev–Trinajstić information content (AvgIpc) is 3.03. The highest BCUT2D eigenvalue weighted by Gasteiger charge is 2.12. The van der Waals surface area contributed by atoms with Gasteiger partial charge in [-0.15, -0.1) is 0 Å². The molecular weight excluding hydrogens is 306 g/mol. The maximum atomic E-state index is 12.6. The van der Waals surface area contributed by atoms with Crippen molar-refractivity contribution >= 4 is 22.6 Å². The van der Waals surface area contributed by atoms with Gasteiger partial charge >= 0.3 is 0 Å². The highest BCUT2D eigenvalue weighted by Crippen LogP contribution is 2.29. The number of H-pyrrole nitrogens is 1. The summed E-state index contributed by atoms with van der Waals surface area (Å²) in [5.74, 6) is 1.89. The number of aromatic nitrogens is 2. The topological polar surface area (TPSA) is 76.2 Å². The van der Waals surface area contributed by atoms with Crippen LogP contribution >= 0.6 is 0 Å². The molecule has 6 nitrogen and oxygen atoms in total. The Bertz CT molecular complexity index is 886. The molecule has 0 fully saturated rings. The Kier molecular flexibility index (Phi) is 4.37. The molecule has 0 saturated carbocycles. The lowest BCUT2D eigenvalue weighted by Gasteiger charge is -2.11. The van der Waals surface area contributed by atoms with Gasteiger partial charge in [-0.25, -0.2) is 4.98 Å². The van der Waals surface area contributed by atoms with Crippen molar-refractivity contribution in [2.24, 2.45) is 0 Å². The zero-order chi connectivity index (χ0) is 17.1. The van der Waals surface area contributed by atoms with E-state index in [2.05, 4.69) is 15.3 Å². The van der Waals surface area contributed by atoms with Crippen LogP contribution in [0, 0.1) is 0 Å². The van der Waals surface area contributed by atoms with Crippen molar-refractivity contribution in [2.45, 2.75) is 13.3 Å². The lowest BCUT2D eigenvalue weighted by molar-refractivity contribution is 0.102. The molecule has 0 bridgehead atoms. The molecule has 124 valence electrons. The van der Waals surface area contributed by atoms with E-state index in [-0.39, 0.29) is 5.91 Å². The Morgan fingerprint density at radius 3 is 2.71 bits per heavy atom. The zero-order valence-electron chi connectivity index (χ0n) is 13.8. The molecule has 0 aliphatic rings. The van der Waals surface area contributed by atoms with Gasteiger partial charge < -0.3 is 19.8 Å². The van der Waals surface area contributed by atoms with E-state index in [1.807, 2.05) is 13.0 Å². The summed E-state index contributed by atoms with van der Waals surface area (Å²) in [5, 5.41) is 2.86. The van der Waals surface area contributed by atoms with Crippen LogP contribution in [0.2, 0.25) is 0 Å². The van der Waals surface area contributed by atoms with Gasteiger partial charge in [0.15, 0.2) is 0 Å². The first-order valence-electron chi connectivity index (χ1n) is 7.66. The number of nitrogens with zero attached hydrogens (tertiary/aromatic N) is 1. The van der Waals surface area contributed by atoms with Gasteiger partial charge in [-0.3, -0.25) is 4.79 Å². The number of methoxy groups -OCH3 is 2. The van der Waals surface area contributed by atoms with Gasteiger partial charge in [-0.1, -0.05) is 6.92 Å². The molecule has 6 heteroatoms. The minimum atomic E-state index is -0.226. The number of carbonyl (C=O) groups excluding carboxylic acids is 1. The standard InChI is InChI=1S/C18H19N3O3/c1-4-17-19-13-7-5-11(9-14(13)20-17)18(22)21-15-10-12(23-2)6-8-16(15)24-3/h5-10H,4H2,1-3H3,(H,19,20)(H,21,22). The minimum Gasteiger partial charge on any atom is -0.497 e. The summed E-state index contributed by atoms with van der Waals surface area (Å²) in [4.78, 5) is 20.2. The summed E-state index contributed by atoms with van der Waals surface area (Å²) in [6.45, 7) is 2.03. The third kappa shape index (κ3) is 3.03. The second kappa shape index (κ2) is 6.62. The predicted molar refractivity (Wildman–Crippen MR) is 93.0 cm³/mol. The summed E-state index contributed by atoms with van der Waals surface area (Å²) in [6, 6.07) is 10.6. The molecule has 2 N–H and O–H groups in total. The van der Waals surface area contributed by atoms with Crippen LogP contribution in [0.5, 0.6) is 11.5 Å². The molecule has 0 saturated heterocycles. The first kappa shape index (κ1) is 15.9. The van der Waals surface area contributed by atoms with Gasteiger partial charge in [0.05, 0.1) is 30.9 Å². The number of benzene rings is 2. The first-order chi connectivity index (χ1) is 11.6. The van der Waals surface area contributed by atoms with Crippen LogP contribution in [-0.4, -0.2) is 30.1 Å². The number of imidazole rings is 1. The maximum Gasteiger partial charge on any atom is 0.255 e. The van der Waals surface area contributed by atoms with E-state index in [0.29, 0.717) is 22.7 Å². The number of fused-ring (bicyclic) bond motifs is 1. The van der Waals surface area contributed by atoms with Crippen molar-refractivity contribution in [3.8, 4) is 11.5 Å². The van der Waals surface area contributed by atoms with Crippen LogP contribution in [0.25, 0.3) is 11.0 Å². The number of nitrogens with one attached hydrogen (secondary N) is 2. The zero-order valence-corrected chi connectivity index (χ0v) is 13.8. The summed E-state index contributed by atoms with van der Waals surface area (Å²) < 4.78 is 10.5. The molecule has 1 aromatic heterocycles. The molecular formula is C18H19N3O3. The summed E-state index contributed by atoms with van der Waals surface area (Å²) >= 11 is 0. The van der Waals surface area contributed by atoms with Gasteiger partial charge in [-0.2, -0.15) is 0 Å². The number of anilines is 1. The lowest BCUT2D eigenvalue weighted by Crippen LogP contribution is -2.12. The number of hydrogen-bond donors (Lipinski definition) is 2. The smallest absolute Gasteiger partial charge is 0.255 e. The highest BCUT2D eigenvalue weighted by atomic mass is 16.5. The lowest BCUT2D eigenvalue weighted by atomic mass is 10.1. The first-order valence-corrected chi connectivity index (χ1v) is 7.66. The second-order valence-corrected chi connectivity index (χ2v) is 5.29. The Labute approximate surface area is 139 Å². The van der Waals surface area contributed by atoms with Crippen molar-refractivity contribution in [1.29, 1.82) is 0 Å². The average molecular weight is 325 g/mol. The largest absolute Gasteiger partial charge is 0.497 e. The van der Waals surface area contributed by atoms with Gasteiger partial charge in [0.1, 0.15) is 17.3 Å². The van der Waals surface area contributed by atoms with Gasteiger partial charge in [0.25, 0.3) is 5.91 Å². The number of aromatic amines is 1. The second-order valence-electron chi connectivity index (χ2n) is 5.29. The Balaban J connectivity index is 1.89. The third-order valence-corrected chi connectivity index (χ3v) is 3.78. The van der Waals surface area contributed by atoms with E-state index in [1.165, 1.54) is 0 Å². The maximum absolute atomic E-state index is 12.6. The van der Waals surface area contributed by atoms with Crippen LogP contribution in [0.4, 0.5) is 5.69 Å². The fraction of sp³-hybridized carbons (Fsp3) is 0.222.